The van der Waals surface area contributed by atoms with Gasteiger partial charge in [-0.2, -0.15) is 0 Å². The molecule has 0 amide bonds. The van der Waals surface area contributed by atoms with Gasteiger partial charge in [-0.15, -0.1) is 0 Å². The lowest BCUT2D eigenvalue weighted by Crippen LogP contribution is -2.09. The van der Waals surface area contributed by atoms with Crippen LogP contribution >= 0.6 is 0 Å². The van der Waals surface area contributed by atoms with Crippen molar-refractivity contribution in [3.8, 4) is 28.7 Å². The van der Waals surface area contributed by atoms with Gasteiger partial charge in [-0.1, -0.05) is 6.07 Å². The summed E-state index contributed by atoms with van der Waals surface area (Å²) in [5, 5.41) is 0. The van der Waals surface area contributed by atoms with Crippen LogP contribution in [0.25, 0.3) is 0 Å². The number of halogens is 3. The zero-order valence-corrected chi connectivity index (χ0v) is 23.8. The SMILES string of the molecule is COC(=O)CC1COc2cc(O[C@@H]3CCc4c(Oc5cc(F)c(OCCCS(C)(=O)=O)cc5F)ccc(F)c43)ccc21. The number of benzene rings is 3. The fraction of sp³-hybridized carbons (Fsp3) is 0.367. The number of fused-ring (bicyclic) bond motifs is 2. The molecule has 2 aliphatic rings. The number of rotatable bonds is 11. The van der Waals surface area contributed by atoms with Crippen molar-refractivity contribution >= 4 is 15.8 Å². The van der Waals surface area contributed by atoms with Gasteiger partial charge in [0.2, 0.25) is 0 Å². The molecule has 2 atom stereocenters. The highest BCUT2D eigenvalue weighted by Crippen LogP contribution is 2.45. The minimum Gasteiger partial charge on any atom is -0.492 e. The molecule has 3 aromatic rings. The second-order valence-corrected chi connectivity index (χ2v) is 12.5. The summed E-state index contributed by atoms with van der Waals surface area (Å²) in [5.41, 5.74) is 1.61. The predicted molar refractivity (Wildman–Crippen MR) is 146 cm³/mol. The van der Waals surface area contributed by atoms with E-state index in [0.717, 1.165) is 24.0 Å². The van der Waals surface area contributed by atoms with Gasteiger partial charge >= 0.3 is 5.97 Å². The van der Waals surface area contributed by atoms with Crippen molar-refractivity contribution in [1.29, 1.82) is 0 Å². The van der Waals surface area contributed by atoms with E-state index in [9.17, 15) is 22.0 Å². The van der Waals surface area contributed by atoms with Gasteiger partial charge in [0.25, 0.3) is 0 Å². The predicted octanol–water partition coefficient (Wildman–Crippen LogP) is 5.82. The maximum Gasteiger partial charge on any atom is 0.306 e. The molecule has 0 saturated heterocycles. The summed E-state index contributed by atoms with van der Waals surface area (Å²) in [5.74, 6) is -2.49. The number of sulfone groups is 1. The Balaban J connectivity index is 1.29. The molecule has 42 heavy (non-hydrogen) atoms. The number of ether oxygens (including phenoxy) is 5. The normalized spacial score (nSPS) is 17.3. The summed E-state index contributed by atoms with van der Waals surface area (Å²) in [6.07, 6.45) is 1.54. The Morgan fingerprint density at radius 3 is 2.52 bits per heavy atom. The number of esters is 1. The van der Waals surface area contributed by atoms with Crippen molar-refractivity contribution in [2.75, 3.05) is 32.3 Å². The molecule has 0 bridgehead atoms. The molecule has 5 rings (SSSR count). The standard InChI is InChI=1S/C30H29F3O8S/c1-37-29(34)12-17-16-39-26-13-18(4-5-19(17)26)40-25-8-6-20-24(9-7-21(31)30(20)25)41-28-15-22(32)27(14-23(28)33)38-10-3-11-42(2,35)36/h4-5,7,9,13-15,17,25H,3,6,8,10-12,16H2,1-2H3/t17?,25-/m1/s1. The van der Waals surface area contributed by atoms with Crippen molar-refractivity contribution in [3.05, 3.63) is 76.6 Å². The molecular formula is C30H29F3O8S. The molecule has 1 aliphatic heterocycles. The molecule has 3 aromatic carbocycles. The Kier molecular flexibility index (Phi) is 8.53. The average molecular weight is 607 g/mol. The minimum absolute atomic E-state index is 0.110. The van der Waals surface area contributed by atoms with E-state index >= 15 is 4.39 Å². The summed E-state index contributed by atoms with van der Waals surface area (Å²) in [4.78, 5) is 11.7. The molecular weight excluding hydrogens is 577 g/mol. The van der Waals surface area contributed by atoms with Crippen LogP contribution < -0.4 is 18.9 Å². The van der Waals surface area contributed by atoms with Gasteiger partial charge in [-0.3, -0.25) is 4.79 Å². The van der Waals surface area contributed by atoms with E-state index in [-0.39, 0.29) is 54.2 Å². The summed E-state index contributed by atoms with van der Waals surface area (Å²) in [6.45, 7) is 0.226. The second-order valence-electron chi connectivity index (χ2n) is 10.2. The molecule has 0 saturated carbocycles. The van der Waals surface area contributed by atoms with Crippen LogP contribution in [0, 0.1) is 17.5 Å². The van der Waals surface area contributed by atoms with E-state index in [0.29, 0.717) is 36.5 Å². The molecule has 8 nitrogen and oxygen atoms in total. The molecule has 0 spiro atoms. The first-order valence-electron chi connectivity index (χ1n) is 13.3. The first-order valence-corrected chi connectivity index (χ1v) is 15.4. The van der Waals surface area contributed by atoms with Gasteiger partial charge in [0.05, 0.1) is 32.5 Å². The molecule has 1 aliphatic carbocycles. The van der Waals surface area contributed by atoms with Crippen molar-refractivity contribution in [3.63, 3.8) is 0 Å². The van der Waals surface area contributed by atoms with E-state index in [1.807, 2.05) is 6.07 Å². The zero-order chi connectivity index (χ0) is 30.0. The molecule has 0 aromatic heterocycles. The summed E-state index contributed by atoms with van der Waals surface area (Å²) in [7, 11) is -1.87. The van der Waals surface area contributed by atoms with Gasteiger partial charge < -0.3 is 23.7 Å². The van der Waals surface area contributed by atoms with E-state index in [4.69, 9.17) is 23.7 Å². The highest BCUT2D eigenvalue weighted by Gasteiger charge is 2.32. The fourth-order valence-corrected chi connectivity index (χ4v) is 5.77. The Labute approximate surface area is 241 Å². The van der Waals surface area contributed by atoms with Gasteiger partial charge in [0, 0.05) is 47.1 Å². The summed E-state index contributed by atoms with van der Waals surface area (Å²) in [6, 6.07) is 9.45. The fourth-order valence-electron chi connectivity index (χ4n) is 5.12. The molecule has 12 heteroatoms. The van der Waals surface area contributed by atoms with Gasteiger partial charge in [-0.25, -0.2) is 21.6 Å². The number of carbonyl (C=O) groups excluding carboxylic acids is 1. The summed E-state index contributed by atoms with van der Waals surface area (Å²) < 4.78 is 94.4. The Bertz CT molecular complexity index is 1610. The lowest BCUT2D eigenvalue weighted by atomic mass is 9.98. The van der Waals surface area contributed by atoms with Crippen LogP contribution in [0.1, 0.15) is 48.0 Å². The van der Waals surface area contributed by atoms with Crippen LogP contribution in [0.3, 0.4) is 0 Å². The van der Waals surface area contributed by atoms with Crippen LogP contribution in [-0.2, 0) is 25.8 Å². The largest absolute Gasteiger partial charge is 0.492 e. The van der Waals surface area contributed by atoms with Crippen molar-refractivity contribution < 1.29 is 50.1 Å². The molecule has 224 valence electrons. The van der Waals surface area contributed by atoms with Gasteiger partial charge in [0.15, 0.2) is 23.1 Å². The average Bonchev–Trinajstić information content (AvgIpc) is 3.54. The van der Waals surface area contributed by atoms with E-state index in [2.05, 4.69) is 0 Å². The van der Waals surface area contributed by atoms with Gasteiger partial charge in [0.1, 0.15) is 39.0 Å². The lowest BCUT2D eigenvalue weighted by Gasteiger charge is -2.17. The second kappa shape index (κ2) is 12.1. The highest BCUT2D eigenvalue weighted by molar-refractivity contribution is 7.90. The third-order valence-corrected chi connectivity index (χ3v) is 8.18. The van der Waals surface area contributed by atoms with Crippen LogP contribution in [0.5, 0.6) is 28.7 Å². The minimum atomic E-state index is -3.20. The van der Waals surface area contributed by atoms with Gasteiger partial charge in [-0.05, 0) is 37.5 Å². The molecule has 1 heterocycles. The number of hydrogen-bond acceptors (Lipinski definition) is 8. The van der Waals surface area contributed by atoms with Crippen molar-refractivity contribution in [1.82, 2.24) is 0 Å². The molecule has 1 unspecified atom stereocenters. The topological polar surface area (TPSA) is 97.4 Å². The summed E-state index contributed by atoms with van der Waals surface area (Å²) >= 11 is 0. The maximum absolute atomic E-state index is 15.0. The smallest absolute Gasteiger partial charge is 0.306 e. The van der Waals surface area contributed by atoms with Crippen LogP contribution in [-0.4, -0.2) is 46.7 Å². The number of methoxy groups -OCH3 is 1. The first-order chi connectivity index (χ1) is 20.0. The van der Waals surface area contributed by atoms with E-state index in [1.54, 1.807) is 12.1 Å². The molecule has 0 N–H and O–H groups in total. The Morgan fingerprint density at radius 2 is 1.76 bits per heavy atom. The quantitative estimate of drug-likeness (QED) is 0.199. The number of carbonyl (C=O) groups is 1. The monoisotopic (exact) mass is 606 g/mol. The molecule has 0 radical (unpaired) electrons. The van der Waals surface area contributed by atoms with E-state index in [1.165, 1.54) is 19.2 Å². The Hall–Kier alpha value is -3.93. The lowest BCUT2D eigenvalue weighted by molar-refractivity contribution is -0.141. The molecule has 0 fully saturated rings. The highest BCUT2D eigenvalue weighted by atomic mass is 32.2. The van der Waals surface area contributed by atoms with Crippen molar-refractivity contribution in [2.24, 2.45) is 0 Å². The third kappa shape index (κ3) is 6.59. The first kappa shape index (κ1) is 29.6. The third-order valence-electron chi connectivity index (χ3n) is 7.15. The Morgan fingerprint density at radius 1 is 1.00 bits per heavy atom. The number of hydrogen-bond donors (Lipinski definition) is 0. The zero-order valence-electron chi connectivity index (χ0n) is 23.0. The van der Waals surface area contributed by atoms with Crippen LogP contribution in [0.15, 0.2) is 42.5 Å². The van der Waals surface area contributed by atoms with Crippen molar-refractivity contribution in [2.45, 2.75) is 37.7 Å². The van der Waals surface area contributed by atoms with Crippen LogP contribution in [0.2, 0.25) is 0 Å². The maximum atomic E-state index is 15.0. The van der Waals surface area contributed by atoms with Crippen LogP contribution in [0.4, 0.5) is 13.2 Å². The van der Waals surface area contributed by atoms with E-state index < -0.39 is 39.1 Å².